The van der Waals surface area contributed by atoms with Gasteiger partial charge in [0.05, 0.1) is 0 Å². The molecule has 0 saturated carbocycles. The van der Waals surface area contributed by atoms with Gasteiger partial charge in [0, 0.05) is 29.3 Å². The first kappa shape index (κ1) is 11.7. The minimum atomic E-state index is 0.119. The highest BCUT2D eigenvalue weighted by molar-refractivity contribution is 5.97. The molecule has 1 aromatic carbocycles. The number of fused-ring (bicyclic) bond motifs is 1. The lowest BCUT2D eigenvalue weighted by Crippen LogP contribution is -2.03. The number of carbonyl (C=O) groups is 1. The van der Waals surface area contributed by atoms with Gasteiger partial charge in [0.2, 0.25) is 0 Å². The second-order valence-electron chi connectivity index (χ2n) is 4.70. The summed E-state index contributed by atoms with van der Waals surface area (Å²) in [5, 5.41) is 1.05. The second kappa shape index (κ2) is 4.69. The third kappa shape index (κ3) is 2.40. The van der Waals surface area contributed by atoms with Gasteiger partial charge in [-0.25, -0.2) is 4.98 Å². The molecule has 0 aliphatic heterocycles. The lowest BCUT2D eigenvalue weighted by molar-refractivity contribution is 0.0993. The van der Waals surface area contributed by atoms with Crippen molar-refractivity contribution < 1.29 is 4.79 Å². The van der Waals surface area contributed by atoms with Gasteiger partial charge in [-0.2, -0.15) is 0 Å². The molecule has 19 heavy (non-hydrogen) atoms. The van der Waals surface area contributed by atoms with Crippen molar-refractivity contribution in [2.45, 2.75) is 13.3 Å². The van der Waals surface area contributed by atoms with Crippen LogP contribution in [-0.4, -0.2) is 15.8 Å². The third-order valence-electron chi connectivity index (χ3n) is 3.12. The molecule has 0 fully saturated rings. The van der Waals surface area contributed by atoms with Crippen LogP contribution in [0.2, 0.25) is 0 Å². The van der Waals surface area contributed by atoms with Crippen LogP contribution >= 0.6 is 0 Å². The molecular formula is C16H14N2O. The molecule has 0 saturated heterocycles. The number of benzene rings is 1. The highest BCUT2D eigenvalue weighted by Gasteiger charge is 2.08. The van der Waals surface area contributed by atoms with Crippen molar-refractivity contribution in [2.24, 2.45) is 0 Å². The number of nitrogens with zero attached hydrogens (tertiary/aromatic N) is 1. The van der Waals surface area contributed by atoms with Crippen LogP contribution in [0.4, 0.5) is 0 Å². The second-order valence-corrected chi connectivity index (χ2v) is 4.70. The number of aromatic amines is 1. The Kier molecular flexibility index (Phi) is 2.88. The van der Waals surface area contributed by atoms with Crippen LogP contribution in [0.1, 0.15) is 21.6 Å². The molecule has 0 unspecified atom stereocenters. The minimum absolute atomic E-state index is 0.119. The number of nitrogens with one attached hydrogen (secondary N) is 1. The van der Waals surface area contributed by atoms with Crippen molar-refractivity contribution >= 4 is 16.8 Å². The van der Waals surface area contributed by atoms with Crippen LogP contribution in [-0.2, 0) is 6.42 Å². The molecule has 0 radical (unpaired) electrons. The van der Waals surface area contributed by atoms with Gasteiger partial charge in [0.15, 0.2) is 5.78 Å². The van der Waals surface area contributed by atoms with Crippen molar-refractivity contribution in [1.29, 1.82) is 0 Å². The maximum atomic E-state index is 12.1. The molecule has 3 rings (SSSR count). The summed E-state index contributed by atoms with van der Waals surface area (Å²) in [4.78, 5) is 19.6. The maximum absolute atomic E-state index is 12.1. The molecule has 0 bridgehead atoms. The standard InChI is InChI=1S/C16H14N2O/c1-11-7-14-8-12(10-17-16(14)18-11)9-15(19)13-5-3-2-4-6-13/h2-8,10H,9H2,1H3,(H,17,18). The first-order valence-corrected chi connectivity index (χ1v) is 6.25. The van der Waals surface area contributed by atoms with Crippen LogP contribution in [0.5, 0.6) is 0 Å². The number of aromatic nitrogens is 2. The number of rotatable bonds is 3. The van der Waals surface area contributed by atoms with E-state index in [-0.39, 0.29) is 5.78 Å². The number of hydrogen-bond acceptors (Lipinski definition) is 2. The molecule has 0 atom stereocenters. The molecule has 1 N–H and O–H groups in total. The molecule has 2 aromatic heterocycles. The summed E-state index contributed by atoms with van der Waals surface area (Å²) in [5.74, 6) is 0.119. The van der Waals surface area contributed by atoms with Gasteiger partial charge in [0.25, 0.3) is 0 Å². The van der Waals surface area contributed by atoms with Crippen LogP contribution in [0, 0.1) is 6.92 Å². The van der Waals surface area contributed by atoms with E-state index in [9.17, 15) is 4.79 Å². The zero-order valence-corrected chi connectivity index (χ0v) is 10.7. The summed E-state index contributed by atoms with van der Waals surface area (Å²) in [6, 6.07) is 13.4. The van der Waals surface area contributed by atoms with Crippen molar-refractivity contribution in [3.8, 4) is 0 Å². The van der Waals surface area contributed by atoms with Gasteiger partial charge in [0.1, 0.15) is 5.65 Å². The average Bonchev–Trinajstić information content (AvgIpc) is 2.79. The van der Waals surface area contributed by atoms with Crippen LogP contribution in [0.25, 0.3) is 11.0 Å². The highest BCUT2D eigenvalue weighted by Crippen LogP contribution is 2.15. The lowest BCUT2D eigenvalue weighted by atomic mass is 10.0. The first-order valence-electron chi connectivity index (χ1n) is 6.25. The molecular weight excluding hydrogens is 236 g/mol. The zero-order valence-electron chi connectivity index (χ0n) is 10.7. The molecule has 94 valence electrons. The monoisotopic (exact) mass is 250 g/mol. The maximum Gasteiger partial charge on any atom is 0.167 e. The van der Waals surface area contributed by atoms with Crippen molar-refractivity contribution in [3.63, 3.8) is 0 Å². The number of pyridine rings is 1. The largest absolute Gasteiger partial charge is 0.344 e. The number of aryl methyl sites for hydroxylation is 1. The normalized spacial score (nSPS) is 10.8. The van der Waals surface area contributed by atoms with Gasteiger partial charge in [-0.05, 0) is 24.6 Å². The van der Waals surface area contributed by atoms with Crippen LogP contribution in [0.3, 0.4) is 0 Å². The Balaban J connectivity index is 1.87. The molecule has 3 nitrogen and oxygen atoms in total. The number of H-pyrrole nitrogens is 1. The van der Waals surface area contributed by atoms with E-state index in [0.29, 0.717) is 6.42 Å². The van der Waals surface area contributed by atoms with Crippen LogP contribution < -0.4 is 0 Å². The van der Waals surface area contributed by atoms with Gasteiger partial charge >= 0.3 is 0 Å². The Morgan fingerprint density at radius 3 is 2.79 bits per heavy atom. The molecule has 3 aromatic rings. The summed E-state index contributed by atoms with van der Waals surface area (Å²) in [6.45, 7) is 2.00. The number of Topliss-reactive ketones (excluding diaryl/α,β-unsaturated/α-hetero) is 1. The SMILES string of the molecule is Cc1cc2cc(CC(=O)c3ccccc3)cnc2[nH]1. The van der Waals surface area contributed by atoms with E-state index in [0.717, 1.165) is 27.9 Å². The molecule has 0 aliphatic rings. The fourth-order valence-electron chi connectivity index (χ4n) is 2.21. The quantitative estimate of drug-likeness (QED) is 0.725. The van der Waals surface area contributed by atoms with Crippen molar-refractivity contribution in [1.82, 2.24) is 9.97 Å². The van der Waals surface area contributed by atoms with Crippen molar-refractivity contribution in [2.75, 3.05) is 0 Å². The number of ketones is 1. The van der Waals surface area contributed by atoms with E-state index in [4.69, 9.17) is 0 Å². The molecule has 0 aliphatic carbocycles. The fourth-order valence-corrected chi connectivity index (χ4v) is 2.21. The number of hydrogen-bond donors (Lipinski definition) is 1. The van der Waals surface area contributed by atoms with Gasteiger partial charge < -0.3 is 4.98 Å². The van der Waals surface area contributed by atoms with Crippen LogP contribution in [0.15, 0.2) is 48.7 Å². The van der Waals surface area contributed by atoms with Gasteiger partial charge in [-0.1, -0.05) is 30.3 Å². The smallest absolute Gasteiger partial charge is 0.167 e. The Morgan fingerprint density at radius 1 is 1.21 bits per heavy atom. The summed E-state index contributed by atoms with van der Waals surface area (Å²) in [7, 11) is 0. The fraction of sp³-hybridized carbons (Fsp3) is 0.125. The summed E-state index contributed by atoms with van der Waals surface area (Å²) in [6.07, 6.45) is 2.15. The van der Waals surface area contributed by atoms with Crippen molar-refractivity contribution in [3.05, 3.63) is 65.5 Å². The van der Waals surface area contributed by atoms with E-state index >= 15 is 0 Å². The van der Waals surface area contributed by atoms with E-state index < -0.39 is 0 Å². The summed E-state index contributed by atoms with van der Waals surface area (Å²) < 4.78 is 0. The molecule has 3 heteroatoms. The lowest BCUT2D eigenvalue weighted by Gasteiger charge is -2.01. The Bertz CT molecular complexity index is 729. The number of carbonyl (C=O) groups excluding carboxylic acids is 1. The predicted octanol–water partition coefficient (Wildman–Crippen LogP) is 3.30. The topological polar surface area (TPSA) is 45.8 Å². The van der Waals surface area contributed by atoms with Gasteiger partial charge in [-0.15, -0.1) is 0 Å². The zero-order chi connectivity index (χ0) is 13.2. The molecule has 0 spiro atoms. The Hall–Kier alpha value is -2.42. The van der Waals surface area contributed by atoms with Gasteiger partial charge in [-0.3, -0.25) is 4.79 Å². The molecule has 0 amide bonds. The Morgan fingerprint density at radius 2 is 2.00 bits per heavy atom. The van der Waals surface area contributed by atoms with E-state index in [1.54, 1.807) is 6.20 Å². The van der Waals surface area contributed by atoms with E-state index in [2.05, 4.69) is 9.97 Å². The highest BCUT2D eigenvalue weighted by atomic mass is 16.1. The average molecular weight is 250 g/mol. The van der Waals surface area contributed by atoms with E-state index in [1.807, 2.05) is 49.4 Å². The molecule has 2 heterocycles. The summed E-state index contributed by atoms with van der Waals surface area (Å²) in [5.41, 5.74) is 3.63. The summed E-state index contributed by atoms with van der Waals surface area (Å²) >= 11 is 0. The Labute approximate surface area is 111 Å². The van der Waals surface area contributed by atoms with E-state index in [1.165, 1.54) is 0 Å². The predicted molar refractivity (Wildman–Crippen MR) is 75.3 cm³/mol. The third-order valence-corrected chi connectivity index (χ3v) is 3.12. The minimum Gasteiger partial charge on any atom is -0.344 e. The first-order chi connectivity index (χ1) is 9.22.